The van der Waals surface area contributed by atoms with Crippen molar-refractivity contribution < 1.29 is 18.4 Å². The molecule has 5 nitrogen and oxygen atoms in total. The van der Waals surface area contributed by atoms with Crippen molar-refractivity contribution in [3.63, 3.8) is 0 Å². The summed E-state index contributed by atoms with van der Waals surface area (Å²) in [7, 11) is 1.47. The number of hydrogen-bond acceptors (Lipinski definition) is 3. The maximum absolute atomic E-state index is 13.3. The molecular formula is C17H13FN2O3. The van der Waals surface area contributed by atoms with Crippen LogP contribution >= 0.6 is 0 Å². The summed E-state index contributed by atoms with van der Waals surface area (Å²) in [6.45, 7) is 0. The number of carbonyl (C=O) groups excluding carboxylic acids is 2. The molecule has 0 saturated carbocycles. The molecule has 0 aliphatic carbocycles. The first kappa shape index (κ1) is 14.8. The second-order valence-electron chi connectivity index (χ2n) is 4.85. The Kier molecular flexibility index (Phi) is 3.80. The van der Waals surface area contributed by atoms with Gasteiger partial charge in [-0.3, -0.25) is 9.59 Å². The number of para-hydroxylation sites is 1. The van der Waals surface area contributed by atoms with Crippen LogP contribution in [0.3, 0.4) is 0 Å². The van der Waals surface area contributed by atoms with Crippen LogP contribution in [0.5, 0.6) is 0 Å². The summed E-state index contributed by atoms with van der Waals surface area (Å²) in [6.07, 6.45) is 0. The number of halogens is 1. The summed E-state index contributed by atoms with van der Waals surface area (Å²) in [5.74, 6) is -1.50. The molecule has 2 amide bonds. The zero-order chi connectivity index (χ0) is 16.4. The molecule has 0 radical (unpaired) electrons. The number of fused-ring (bicyclic) bond motifs is 1. The van der Waals surface area contributed by atoms with E-state index in [0.29, 0.717) is 11.0 Å². The zero-order valence-electron chi connectivity index (χ0n) is 12.2. The first-order valence-electron chi connectivity index (χ1n) is 6.90. The van der Waals surface area contributed by atoms with Gasteiger partial charge in [0.1, 0.15) is 17.1 Å². The van der Waals surface area contributed by atoms with Crippen LogP contribution in [0.2, 0.25) is 0 Å². The Morgan fingerprint density at radius 2 is 1.83 bits per heavy atom. The van der Waals surface area contributed by atoms with Crippen LogP contribution in [0.25, 0.3) is 11.0 Å². The van der Waals surface area contributed by atoms with Crippen molar-refractivity contribution in [2.24, 2.45) is 0 Å². The van der Waals surface area contributed by atoms with Crippen molar-refractivity contribution in [2.45, 2.75) is 0 Å². The highest BCUT2D eigenvalue weighted by atomic mass is 19.1. The average molecular weight is 312 g/mol. The Bertz CT molecular complexity index is 902. The van der Waals surface area contributed by atoms with Gasteiger partial charge in [0.2, 0.25) is 5.76 Å². The molecule has 0 atom stereocenters. The summed E-state index contributed by atoms with van der Waals surface area (Å²) in [5, 5.41) is 5.69. The molecule has 6 heteroatoms. The Morgan fingerprint density at radius 1 is 1.04 bits per heavy atom. The van der Waals surface area contributed by atoms with Crippen LogP contribution in [-0.2, 0) is 0 Å². The molecule has 0 bridgehead atoms. The number of nitrogens with one attached hydrogen (secondary N) is 2. The van der Waals surface area contributed by atoms with Crippen molar-refractivity contribution in [3.8, 4) is 0 Å². The van der Waals surface area contributed by atoms with Gasteiger partial charge in [-0.15, -0.1) is 0 Å². The second-order valence-corrected chi connectivity index (χ2v) is 4.85. The maximum atomic E-state index is 13.3. The molecule has 2 aromatic carbocycles. The molecule has 0 saturated heterocycles. The number of carbonyl (C=O) groups is 2. The summed E-state index contributed by atoms with van der Waals surface area (Å²) in [4.78, 5) is 24.3. The van der Waals surface area contributed by atoms with E-state index in [-0.39, 0.29) is 17.0 Å². The SMILES string of the molecule is CNC(=O)c1oc2ccccc2c1NC(=O)c1cccc(F)c1. The van der Waals surface area contributed by atoms with Crippen molar-refractivity contribution in [3.05, 3.63) is 65.7 Å². The van der Waals surface area contributed by atoms with E-state index in [1.807, 2.05) is 0 Å². The molecule has 23 heavy (non-hydrogen) atoms. The van der Waals surface area contributed by atoms with Gasteiger partial charge in [0.05, 0.1) is 0 Å². The minimum Gasteiger partial charge on any atom is -0.449 e. The Balaban J connectivity index is 2.04. The van der Waals surface area contributed by atoms with Crippen LogP contribution in [0, 0.1) is 5.82 Å². The number of hydrogen-bond donors (Lipinski definition) is 2. The third kappa shape index (κ3) is 2.78. The maximum Gasteiger partial charge on any atom is 0.288 e. The van der Waals surface area contributed by atoms with Gasteiger partial charge in [-0.1, -0.05) is 18.2 Å². The van der Waals surface area contributed by atoms with Gasteiger partial charge in [0, 0.05) is 18.0 Å². The summed E-state index contributed by atoms with van der Waals surface area (Å²) >= 11 is 0. The summed E-state index contributed by atoms with van der Waals surface area (Å²) in [5.41, 5.74) is 0.882. The molecule has 1 heterocycles. The predicted molar refractivity (Wildman–Crippen MR) is 84.0 cm³/mol. The van der Waals surface area contributed by atoms with Crippen LogP contribution in [0.4, 0.5) is 10.1 Å². The summed E-state index contributed by atoms with van der Waals surface area (Å²) < 4.78 is 18.8. The second kappa shape index (κ2) is 5.92. The monoisotopic (exact) mass is 312 g/mol. The van der Waals surface area contributed by atoms with Crippen molar-refractivity contribution >= 4 is 28.5 Å². The third-order valence-electron chi connectivity index (χ3n) is 3.35. The van der Waals surface area contributed by atoms with Crippen LogP contribution in [0.15, 0.2) is 52.9 Å². The molecule has 0 spiro atoms. The molecular weight excluding hydrogens is 299 g/mol. The topological polar surface area (TPSA) is 71.3 Å². The number of anilines is 1. The first-order valence-corrected chi connectivity index (χ1v) is 6.90. The molecule has 1 aromatic heterocycles. The highest BCUT2D eigenvalue weighted by Crippen LogP contribution is 2.31. The van der Waals surface area contributed by atoms with E-state index in [2.05, 4.69) is 10.6 Å². The van der Waals surface area contributed by atoms with E-state index in [4.69, 9.17) is 4.42 Å². The van der Waals surface area contributed by atoms with E-state index < -0.39 is 17.6 Å². The lowest BCUT2D eigenvalue weighted by Crippen LogP contribution is -2.20. The number of amides is 2. The van der Waals surface area contributed by atoms with E-state index in [9.17, 15) is 14.0 Å². The van der Waals surface area contributed by atoms with Gasteiger partial charge in [-0.2, -0.15) is 0 Å². The molecule has 0 fully saturated rings. The fraction of sp³-hybridized carbons (Fsp3) is 0.0588. The molecule has 0 aliphatic rings. The van der Waals surface area contributed by atoms with E-state index in [0.717, 1.165) is 6.07 Å². The van der Waals surface area contributed by atoms with E-state index in [1.165, 1.54) is 25.2 Å². The zero-order valence-corrected chi connectivity index (χ0v) is 12.2. The lowest BCUT2D eigenvalue weighted by Gasteiger charge is -2.06. The molecule has 0 aliphatic heterocycles. The Labute approximate surface area is 131 Å². The number of benzene rings is 2. The van der Waals surface area contributed by atoms with Gasteiger partial charge in [0.15, 0.2) is 0 Å². The van der Waals surface area contributed by atoms with E-state index in [1.54, 1.807) is 24.3 Å². The average Bonchev–Trinajstić information content (AvgIpc) is 2.93. The fourth-order valence-corrected chi connectivity index (χ4v) is 2.26. The minimum absolute atomic E-state index is 0.00143. The third-order valence-corrected chi connectivity index (χ3v) is 3.35. The van der Waals surface area contributed by atoms with Crippen molar-refractivity contribution in [1.82, 2.24) is 5.32 Å². The van der Waals surface area contributed by atoms with E-state index >= 15 is 0 Å². The normalized spacial score (nSPS) is 10.5. The Hall–Kier alpha value is -3.15. The van der Waals surface area contributed by atoms with Gasteiger partial charge >= 0.3 is 0 Å². The lowest BCUT2D eigenvalue weighted by atomic mass is 10.1. The van der Waals surface area contributed by atoms with Crippen LogP contribution in [-0.4, -0.2) is 18.9 Å². The highest BCUT2D eigenvalue weighted by Gasteiger charge is 2.21. The molecule has 116 valence electrons. The number of rotatable bonds is 3. The molecule has 3 rings (SSSR count). The smallest absolute Gasteiger partial charge is 0.288 e. The highest BCUT2D eigenvalue weighted by molar-refractivity contribution is 6.14. The fourth-order valence-electron chi connectivity index (χ4n) is 2.26. The Morgan fingerprint density at radius 3 is 2.57 bits per heavy atom. The molecule has 3 aromatic rings. The van der Waals surface area contributed by atoms with Gasteiger partial charge < -0.3 is 15.1 Å². The van der Waals surface area contributed by atoms with Crippen molar-refractivity contribution in [1.29, 1.82) is 0 Å². The molecule has 0 unspecified atom stereocenters. The molecule has 2 N–H and O–H groups in total. The minimum atomic E-state index is -0.527. The van der Waals surface area contributed by atoms with Crippen LogP contribution in [0.1, 0.15) is 20.9 Å². The van der Waals surface area contributed by atoms with Gasteiger partial charge in [-0.05, 0) is 30.3 Å². The van der Waals surface area contributed by atoms with Gasteiger partial charge in [-0.25, -0.2) is 4.39 Å². The summed E-state index contributed by atoms with van der Waals surface area (Å²) in [6, 6.07) is 12.3. The first-order chi connectivity index (χ1) is 11.1. The number of furan rings is 1. The van der Waals surface area contributed by atoms with Gasteiger partial charge in [0.25, 0.3) is 11.8 Å². The van der Waals surface area contributed by atoms with Crippen LogP contribution < -0.4 is 10.6 Å². The lowest BCUT2D eigenvalue weighted by molar-refractivity contribution is 0.0939. The standard InChI is InChI=1S/C17H13FN2O3/c1-19-17(22)15-14(12-7-2-3-8-13(12)23-15)20-16(21)10-5-4-6-11(18)9-10/h2-9H,1H3,(H,19,22)(H,20,21). The predicted octanol–water partition coefficient (Wildman–Crippen LogP) is 3.18. The quantitative estimate of drug-likeness (QED) is 0.780. The largest absolute Gasteiger partial charge is 0.449 e. The van der Waals surface area contributed by atoms with Crippen molar-refractivity contribution in [2.75, 3.05) is 12.4 Å².